The minimum absolute atomic E-state index is 0.142. The second-order valence-electron chi connectivity index (χ2n) is 4.13. The number of urea groups is 1. The maximum atomic E-state index is 11.5. The number of hydrogen-bond donors (Lipinski definition) is 3. The highest BCUT2D eigenvalue weighted by atomic mass is 16.5. The van der Waals surface area contributed by atoms with Gasteiger partial charge in [-0.1, -0.05) is 0 Å². The van der Waals surface area contributed by atoms with Gasteiger partial charge in [-0.2, -0.15) is 0 Å². The maximum Gasteiger partial charge on any atom is 0.315 e. The molecule has 6 nitrogen and oxygen atoms in total. The molecule has 0 aliphatic carbocycles. The molecule has 0 aromatic carbocycles. The van der Waals surface area contributed by atoms with Crippen molar-refractivity contribution in [3.8, 4) is 0 Å². The van der Waals surface area contributed by atoms with Gasteiger partial charge in [0.05, 0.1) is 18.8 Å². The zero-order valence-corrected chi connectivity index (χ0v) is 10.9. The van der Waals surface area contributed by atoms with Crippen LogP contribution < -0.4 is 10.6 Å². The Bertz CT molecular complexity index is 378. The summed E-state index contributed by atoms with van der Waals surface area (Å²) in [5, 5.41) is 14.6. The molecule has 1 aromatic heterocycles. The molecular weight excluding hydrogens is 236 g/mol. The van der Waals surface area contributed by atoms with Crippen LogP contribution in [0, 0.1) is 6.92 Å². The van der Waals surface area contributed by atoms with Crippen LogP contribution in [0.1, 0.15) is 24.5 Å². The van der Waals surface area contributed by atoms with Crippen molar-refractivity contribution in [2.24, 2.45) is 0 Å². The number of aliphatic hydroxyl groups is 1. The highest BCUT2D eigenvalue weighted by Gasteiger charge is 2.13. The molecule has 2 atom stereocenters. The van der Waals surface area contributed by atoms with E-state index >= 15 is 0 Å². The Morgan fingerprint density at radius 1 is 1.56 bits per heavy atom. The van der Waals surface area contributed by atoms with Crippen LogP contribution in [0.3, 0.4) is 0 Å². The number of hydrogen-bond acceptors (Lipinski definition) is 4. The number of carbonyl (C=O) groups is 1. The molecule has 2 amide bonds. The first kappa shape index (κ1) is 14.5. The number of aliphatic hydroxyl groups excluding tert-OH is 1. The van der Waals surface area contributed by atoms with Crippen molar-refractivity contribution in [2.75, 3.05) is 20.3 Å². The first-order valence-corrected chi connectivity index (χ1v) is 5.80. The zero-order chi connectivity index (χ0) is 13.5. The number of aryl methyl sites for hydroxylation is 1. The molecule has 1 heterocycles. The van der Waals surface area contributed by atoms with Gasteiger partial charge in [0.25, 0.3) is 0 Å². The second-order valence-corrected chi connectivity index (χ2v) is 4.13. The van der Waals surface area contributed by atoms with Crippen molar-refractivity contribution >= 4 is 6.03 Å². The molecule has 0 spiro atoms. The Morgan fingerprint density at radius 2 is 2.28 bits per heavy atom. The number of rotatable bonds is 6. The molecule has 0 fully saturated rings. The van der Waals surface area contributed by atoms with E-state index in [-0.39, 0.29) is 25.2 Å². The van der Waals surface area contributed by atoms with Crippen molar-refractivity contribution in [3.05, 3.63) is 23.7 Å². The lowest BCUT2D eigenvalue weighted by atomic mass is 10.2. The fourth-order valence-corrected chi connectivity index (χ4v) is 1.47. The van der Waals surface area contributed by atoms with Gasteiger partial charge in [-0.05, 0) is 26.0 Å². The second kappa shape index (κ2) is 7.03. The molecule has 0 aliphatic heterocycles. The minimum Gasteiger partial charge on any atom is -0.464 e. The van der Waals surface area contributed by atoms with E-state index in [1.54, 1.807) is 0 Å². The molecule has 0 saturated carbocycles. The van der Waals surface area contributed by atoms with Crippen LogP contribution in [0.2, 0.25) is 0 Å². The van der Waals surface area contributed by atoms with Gasteiger partial charge >= 0.3 is 6.03 Å². The fourth-order valence-electron chi connectivity index (χ4n) is 1.47. The molecule has 0 radical (unpaired) electrons. The summed E-state index contributed by atoms with van der Waals surface area (Å²) in [7, 11) is 1.49. The molecule has 0 saturated heterocycles. The standard InChI is InChI=1S/C12H20N2O4/c1-8-4-5-11(18-8)9(2)14-12(16)13-6-10(15)7-17-3/h4-5,9-10,15H,6-7H2,1-3H3,(H2,13,14,16). The Hall–Kier alpha value is -1.53. The van der Waals surface area contributed by atoms with Gasteiger partial charge in [0.15, 0.2) is 0 Å². The van der Waals surface area contributed by atoms with Crippen LogP contribution in [0.15, 0.2) is 16.5 Å². The lowest BCUT2D eigenvalue weighted by Crippen LogP contribution is -2.41. The number of methoxy groups -OCH3 is 1. The molecule has 6 heteroatoms. The van der Waals surface area contributed by atoms with Crippen LogP contribution in [-0.4, -0.2) is 37.5 Å². The smallest absolute Gasteiger partial charge is 0.315 e. The van der Waals surface area contributed by atoms with E-state index in [9.17, 15) is 9.90 Å². The van der Waals surface area contributed by atoms with Crippen LogP contribution >= 0.6 is 0 Å². The predicted octanol–water partition coefficient (Wildman–Crippen LogP) is 0.956. The molecule has 1 aromatic rings. The van der Waals surface area contributed by atoms with E-state index in [2.05, 4.69) is 10.6 Å². The predicted molar refractivity (Wildman–Crippen MR) is 66.3 cm³/mol. The van der Waals surface area contributed by atoms with Crippen LogP contribution in [-0.2, 0) is 4.74 Å². The minimum atomic E-state index is -0.707. The molecular formula is C12H20N2O4. The van der Waals surface area contributed by atoms with Crippen molar-refractivity contribution < 1.29 is 19.1 Å². The van der Waals surface area contributed by atoms with Gasteiger partial charge in [-0.3, -0.25) is 0 Å². The molecule has 18 heavy (non-hydrogen) atoms. The summed E-state index contributed by atoms with van der Waals surface area (Å²) in [5.74, 6) is 1.50. The largest absolute Gasteiger partial charge is 0.464 e. The summed E-state index contributed by atoms with van der Waals surface area (Å²) in [6.07, 6.45) is -0.707. The number of ether oxygens (including phenoxy) is 1. The number of nitrogens with one attached hydrogen (secondary N) is 2. The molecule has 1 rings (SSSR count). The molecule has 0 aliphatic rings. The summed E-state index contributed by atoms with van der Waals surface area (Å²) in [6, 6.07) is 3.08. The third-order valence-electron chi connectivity index (χ3n) is 2.39. The fraction of sp³-hybridized carbons (Fsp3) is 0.583. The van der Waals surface area contributed by atoms with E-state index in [0.29, 0.717) is 5.76 Å². The summed E-state index contributed by atoms with van der Waals surface area (Å²) in [5.41, 5.74) is 0. The van der Waals surface area contributed by atoms with E-state index in [0.717, 1.165) is 5.76 Å². The van der Waals surface area contributed by atoms with Crippen molar-refractivity contribution in [3.63, 3.8) is 0 Å². The first-order valence-electron chi connectivity index (χ1n) is 5.80. The number of furan rings is 1. The average Bonchev–Trinajstić information content (AvgIpc) is 2.74. The van der Waals surface area contributed by atoms with Crippen molar-refractivity contribution in [1.82, 2.24) is 10.6 Å². The van der Waals surface area contributed by atoms with Crippen LogP contribution in [0.25, 0.3) is 0 Å². The van der Waals surface area contributed by atoms with Gasteiger partial charge < -0.3 is 24.9 Å². The summed E-state index contributed by atoms with van der Waals surface area (Å²) in [4.78, 5) is 11.5. The summed E-state index contributed by atoms with van der Waals surface area (Å²) >= 11 is 0. The lowest BCUT2D eigenvalue weighted by Gasteiger charge is -2.14. The zero-order valence-electron chi connectivity index (χ0n) is 10.9. The highest BCUT2D eigenvalue weighted by molar-refractivity contribution is 5.74. The Kier molecular flexibility index (Phi) is 5.67. The Morgan fingerprint density at radius 3 is 2.83 bits per heavy atom. The quantitative estimate of drug-likeness (QED) is 0.707. The van der Waals surface area contributed by atoms with E-state index in [4.69, 9.17) is 9.15 Å². The van der Waals surface area contributed by atoms with Gasteiger partial charge in [0.2, 0.25) is 0 Å². The SMILES string of the molecule is COCC(O)CNC(=O)NC(C)c1ccc(C)o1. The van der Waals surface area contributed by atoms with Gasteiger partial charge in [-0.25, -0.2) is 4.79 Å². The molecule has 3 N–H and O–H groups in total. The summed E-state index contributed by atoms with van der Waals surface area (Å²) in [6.45, 7) is 4.00. The van der Waals surface area contributed by atoms with Crippen LogP contribution in [0.4, 0.5) is 4.79 Å². The topological polar surface area (TPSA) is 83.7 Å². The van der Waals surface area contributed by atoms with Gasteiger partial charge in [0, 0.05) is 13.7 Å². The normalized spacial score (nSPS) is 14.0. The molecule has 102 valence electrons. The van der Waals surface area contributed by atoms with E-state index in [1.807, 2.05) is 26.0 Å². The van der Waals surface area contributed by atoms with E-state index < -0.39 is 6.10 Å². The van der Waals surface area contributed by atoms with Gasteiger partial charge in [0.1, 0.15) is 11.5 Å². The van der Waals surface area contributed by atoms with Gasteiger partial charge in [-0.15, -0.1) is 0 Å². The monoisotopic (exact) mass is 256 g/mol. The molecule has 0 bridgehead atoms. The number of amides is 2. The maximum absolute atomic E-state index is 11.5. The lowest BCUT2D eigenvalue weighted by molar-refractivity contribution is 0.0659. The van der Waals surface area contributed by atoms with Crippen molar-refractivity contribution in [1.29, 1.82) is 0 Å². The Balaban J connectivity index is 2.31. The van der Waals surface area contributed by atoms with E-state index in [1.165, 1.54) is 7.11 Å². The van der Waals surface area contributed by atoms with Crippen LogP contribution in [0.5, 0.6) is 0 Å². The third kappa shape index (κ3) is 4.77. The summed E-state index contributed by atoms with van der Waals surface area (Å²) < 4.78 is 10.2. The highest BCUT2D eigenvalue weighted by Crippen LogP contribution is 2.14. The van der Waals surface area contributed by atoms with Crippen molar-refractivity contribution in [2.45, 2.75) is 26.0 Å². The average molecular weight is 256 g/mol. The Labute approximate surface area is 106 Å². The first-order chi connectivity index (χ1) is 8.52. The molecule has 2 unspecified atom stereocenters. The third-order valence-corrected chi connectivity index (χ3v) is 2.39. The number of carbonyl (C=O) groups excluding carboxylic acids is 1.